The molecule has 0 aromatic carbocycles. The standard InChI is InChI=1S/C10H7IN4O3/c11-5-1-2-7(12-3-5)14-8(16)6-4-13-10(18)15-9(6)17/h1-4H,(H,12,14,16)(H2,13,15,17,18). The fourth-order valence-electron chi connectivity index (χ4n) is 1.21. The highest BCUT2D eigenvalue weighted by Gasteiger charge is 2.11. The van der Waals surface area contributed by atoms with Gasteiger partial charge in [0.05, 0.1) is 0 Å². The molecule has 0 radical (unpaired) electrons. The minimum absolute atomic E-state index is 0.185. The number of rotatable bonds is 2. The Morgan fingerprint density at radius 1 is 1.33 bits per heavy atom. The number of hydrogen-bond donors (Lipinski definition) is 3. The second-order valence-corrected chi connectivity index (χ2v) is 4.55. The topological polar surface area (TPSA) is 108 Å². The zero-order valence-corrected chi connectivity index (χ0v) is 11.0. The smallest absolute Gasteiger partial charge is 0.313 e. The van der Waals surface area contributed by atoms with E-state index in [2.05, 4.69) is 37.9 Å². The third-order valence-electron chi connectivity index (χ3n) is 2.03. The van der Waals surface area contributed by atoms with Crippen LogP contribution < -0.4 is 16.6 Å². The third kappa shape index (κ3) is 2.83. The van der Waals surface area contributed by atoms with Gasteiger partial charge in [-0.15, -0.1) is 0 Å². The molecule has 7 nitrogen and oxygen atoms in total. The molecule has 2 aromatic heterocycles. The monoisotopic (exact) mass is 358 g/mol. The molecule has 18 heavy (non-hydrogen) atoms. The fourth-order valence-corrected chi connectivity index (χ4v) is 1.53. The van der Waals surface area contributed by atoms with Gasteiger partial charge in [0.1, 0.15) is 11.4 Å². The van der Waals surface area contributed by atoms with Crippen LogP contribution in [0, 0.1) is 3.57 Å². The molecule has 0 aliphatic rings. The summed E-state index contributed by atoms with van der Waals surface area (Å²) in [7, 11) is 0. The van der Waals surface area contributed by atoms with Gasteiger partial charge in [0, 0.05) is 16.0 Å². The van der Waals surface area contributed by atoms with E-state index in [1.54, 1.807) is 18.3 Å². The maximum absolute atomic E-state index is 11.7. The van der Waals surface area contributed by atoms with Gasteiger partial charge < -0.3 is 10.3 Å². The van der Waals surface area contributed by atoms with E-state index in [1.807, 2.05) is 4.98 Å². The Balaban J connectivity index is 2.24. The number of H-pyrrole nitrogens is 2. The quantitative estimate of drug-likeness (QED) is 0.672. The minimum atomic E-state index is -0.748. The second-order valence-electron chi connectivity index (χ2n) is 3.30. The first kappa shape index (κ1) is 12.5. The number of hydrogen-bond acceptors (Lipinski definition) is 4. The Bertz CT molecular complexity index is 689. The number of carbonyl (C=O) groups is 1. The normalized spacial score (nSPS) is 10.1. The van der Waals surface area contributed by atoms with Crippen LogP contribution in [0.1, 0.15) is 10.4 Å². The molecule has 8 heteroatoms. The van der Waals surface area contributed by atoms with Crippen LogP contribution in [0.5, 0.6) is 0 Å². The highest BCUT2D eigenvalue weighted by atomic mass is 127. The van der Waals surface area contributed by atoms with Gasteiger partial charge in [-0.2, -0.15) is 0 Å². The lowest BCUT2D eigenvalue weighted by atomic mass is 10.3. The Hall–Kier alpha value is -1.97. The summed E-state index contributed by atoms with van der Waals surface area (Å²) in [5.41, 5.74) is -1.60. The molecule has 0 saturated heterocycles. The largest absolute Gasteiger partial charge is 0.325 e. The number of amides is 1. The second kappa shape index (κ2) is 5.12. The zero-order chi connectivity index (χ0) is 13.1. The Morgan fingerprint density at radius 3 is 2.72 bits per heavy atom. The molecule has 0 bridgehead atoms. The van der Waals surface area contributed by atoms with Crippen LogP contribution in [-0.2, 0) is 0 Å². The molecule has 0 aliphatic carbocycles. The van der Waals surface area contributed by atoms with Crippen LogP contribution in [0.2, 0.25) is 0 Å². The van der Waals surface area contributed by atoms with E-state index >= 15 is 0 Å². The van der Waals surface area contributed by atoms with E-state index in [-0.39, 0.29) is 5.56 Å². The van der Waals surface area contributed by atoms with Crippen LogP contribution in [0.3, 0.4) is 0 Å². The first-order valence-electron chi connectivity index (χ1n) is 4.81. The van der Waals surface area contributed by atoms with Crippen molar-refractivity contribution in [3.05, 3.63) is 54.5 Å². The van der Waals surface area contributed by atoms with Crippen molar-refractivity contribution in [3.8, 4) is 0 Å². The highest BCUT2D eigenvalue weighted by Crippen LogP contribution is 2.07. The van der Waals surface area contributed by atoms with Crippen molar-refractivity contribution in [2.24, 2.45) is 0 Å². The minimum Gasteiger partial charge on any atom is -0.313 e. The molecule has 2 heterocycles. The average Bonchev–Trinajstić information content (AvgIpc) is 2.32. The molecule has 0 atom stereocenters. The number of carbonyl (C=O) groups excluding carboxylic acids is 1. The van der Waals surface area contributed by atoms with E-state index in [4.69, 9.17) is 0 Å². The number of pyridine rings is 1. The molecule has 92 valence electrons. The van der Waals surface area contributed by atoms with E-state index in [0.717, 1.165) is 9.77 Å². The predicted octanol–water partition coefficient (Wildman–Crippen LogP) is 0.315. The molecule has 2 rings (SSSR count). The summed E-state index contributed by atoms with van der Waals surface area (Å²) in [5.74, 6) is -0.313. The third-order valence-corrected chi connectivity index (χ3v) is 2.67. The summed E-state index contributed by atoms with van der Waals surface area (Å²) < 4.78 is 0.924. The van der Waals surface area contributed by atoms with Crippen molar-refractivity contribution in [2.75, 3.05) is 5.32 Å². The van der Waals surface area contributed by atoms with Crippen molar-refractivity contribution < 1.29 is 4.79 Å². The van der Waals surface area contributed by atoms with Gasteiger partial charge in [-0.1, -0.05) is 0 Å². The SMILES string of the molecule is O=C(Nc1ccc(I)cn1)c1c[nH]c(=O)[nH]c1=O. The van der Waals surface area contributed by atoms with Crippen molar-refractivity contribution in [1.82, 2.24) is 15.0 Å². The van der Waals surface area contributed by atoms with E-state index in [0.29, 0.717) is 5.82 Å². The number of halogens is 1. The van der Waals surface area contributed by atoms with Gasteiger partial charge in [-0.3, -0.25) is 14.6 Å². The molecule has 3 N–H and O–H groups in total. The van der Waals surface area contributed by atoms with Gasteiger partial charge >= 0.3 is 5.69 Å². The molecule has 0 unspecified atom stereocenters. The lowest BCUT2D eigenvalue weighted by Crippen LogP contribution is -2.29. The summed E-state index contributed by atoms with van der Waals surface area (Å²) in [4.78, 5) is 42.1. The van der Waals surface area contributed by atoms with Crippen molar-refractivity contribution in [3.63, 3.8) is 0 Å². The van der Waals surface area contributed by atoms with Gasteiger partial charge in [-0.05, 0) is 34.7 Å². The van der Waals surface area contributed by atoms with Crippen LogP contribution >= 0.6 is 22.6 Å². The maximum atomic E-state index is 11.7. The number of nitrogens with zero attached hydrogens (tertiary/aromatic N) is 1. The molecular formula is C10H7IN4O3. The molecule has 0 aliphatic heterocycles. The van der Waals surface area contributed by atoms with Crippen LogP contribution in [0.4, 0.5) is 5.82 Å². The number of nitrogens with one attached hydrogen (secondary N) is 3. The van der Waals surface area contributed by atoms with Crippen LogP contribution in [-0.4, -0.2) is 20.9 Å². The first-order chi connectivity index (χ1) is 8.56. The fraction of sp³-hybridized carbons (Fsp3) is 0. The summed E-state index contributed by atoms with van der Waals surface area (Å²) in [6, 6.07) is 3.37. The Labute approximate surface area is 114 Å². The van der Waals surface area contributed by atoms with Gasteiger partial charge in [-0.25, -0.2) is 9.78 Å². The average molecular weight is 358 g/mol. The summed E-state index contributed by atoms with van der Waals surface area (Å²) in [5, 5.41) is 2.45. The van der Waals surface area contributed by atoms with Crippen LogP contribution in [0.25, 0.3) is 0 Å². The van der Waals surface area contributed by atoms with Crippen LogP contribution in [0.15, 0.2) is 34.1 Å². The van der Waals surface area contributed by atoms with Gasteiger partial charge in [0.15, 0.2) is 0 Å². The number of aromatic amines is 2. The Kier molecular flexibility index (Phi) is 3.55. The van der Waals surface area contributed by atoms with Crippen molar-refractivity contribution >= 4 is 34.3 Å². The summed E-state index contributed by atoms with van der Waals surface area (Å²) in [6.07, 6.45) is 2.64. The summed E-state index contributed by atoms with van der Waals surface area (Å²) in [6.45, 7) is 0. The number of anilines is 1. The van der Waals surface area contributed by atoms with E-state index < -0.39 is 17.2 Å². The molecular weight excluding hydrogens is 351 g/mol. The molecule has 0 saturated carbocycles. The van der Waals surface area contributed by atoms with Gasteiger partial charge in [0.25, 0.3) is 11.5 Å². The van der Waals surface area contributed by atoms with Crippen molar-refractivity contribution in [1.29, 1.82) is 0 Å². The number of aromatic nitrogens is 3. The van der Waals surface area contributed by atoms with E-state index in [1.165, 1.54) is 0 Å². The molecule has 0 spiro atoms. The summed E-state index contributed by atoms with van der Waals surface area (Å²) >= 11 is 2.08. The Morgan fingerprint density at radius 2 is 2.11 bits per heavy atom. The highest BCUT2D eigenvalue weighted by molar-refractivity contribution is 14.1. The lowest BCUT2D eigenvalue weighted by molar-refractivity contribution is 0.102. The lowest BCUT2D eigenvalue weighted by Gasteiger charge is -2.03. The molecule has 1 amide bonds. The maximum Gasteiger partial charge on any atom is 0.325 e. The zero-order valence-electron chi connectivity index (χ0n) is 8.86. The predicted molar refractivity (Wildman–Crippen MR) is 72.6 cm³/mol. The first-order valence-corrected chi connectivity index (χ1v) is 5.89. The molecule has 0 fully saturated rings. The van der Waals surface area contributed by atoms with Crippen molar-refractivity contribution in [2.45, 2.75) is 0 Å². The van der Waals surface area contributed by atoms with Gasteiger partial charge in [0.2, 0.25) is 0 Å². The molecule has 2 aromatic rings. The van der Waals surface area contributed by atoms with E-state index in [9.17, 15) is 14.4 Å².